The van der Waals surface area contributed by atoms with Gasteiger partial charge in [-0.1, -0.05) is 30.3 Å². The lowest BCUT2D eigenvalue weighted by Crippen LogP contribution is -3.06. The van der Waals surface area contributed by atoms with Gasteiger partial charge in [-0.3, -0.25) is 0 Å². The molecule has 2 aromatic carbocycles. The van der Waals surface area contributed by atoms with Crippen molar-refractivity contribution in [2.45, 2.75) is 24.4 Å². The molecule has 134 valence electrons. The topological polar surface area (TPSA) is 22.9 Å². The monoisotopic (exact) mass is 359 g/mol. The molecule has 0 spiro atoms. The fraction of sp³-hybridized carbons (Fsp3) is 0.429. The predicted octanol–water partition coefficient (Wildman–Crippen LogP) is -0.657. The summed E-state index contributed by atoms with van der Waals surface area (Å²) in [6.07, 6.45) is 2.21. The highest BCUT2D eigenvalue weighted by Crippen LogP contribution is 2.57. The second-order valence-corrected chi connectivity index (χ2v) is 7.26. The van der Waals surface area contributed by atoms with Crippen LogP contribution in [0, 0.1) is 0 Å². The fourth-order valence-electron chi connectivity index (χ4n) is 4.38. The Bertz CT molecular complexity index is 761. The minimum absolute atomic E-state index is 0. The second kappa shape index (κ2) is 6.99. The van der Waals surface area contributed by atoms with Crippen LogP contribution >= 0.6 is 0 Å². The Balaban J connectivity index is 0.00000182. The average molecular weight is 360 g/mol. The van der Waals surface area contributed by atoms with Gasteiger partial charge < -0.3 is 26.8 Å². The zero-order valence-electron chi connectivity index (χ0n) is 15.1. The highest BCUT2D eigenvalue weighted by Gasteiger charge is 2.49. The lowest BCUT2D eigenvalue weighted by molar-refractivity contribution is -0.859. The minimum atomic E-state index is -0.315. The number of nitrogens with one attached hydrogen (secondary N) is 1. The first-order valence-corrected chi connectivity index (χ1v) is 8.86. The van der Waals surface area contributed by atoms with E-state index in [0.29, 0.717) is 5.92 Å². The van der Waals surface area contributed by atoms with Crippen LogP contribution in [0.25, 0.3) is 0 Å². The molecule has 3 aliphatic carbocycles. The third-order valence-corrected chi connectivity index (χ3v) is 5.58. The number of benzene rings is 2. The van der Waals surface area contributed by atoms with Crippen LogP contribution in [0.4, 0.5) is 0 Å². The highest BCUT2D eigenvalue weighted by molar-refractivity contribution is 5.59. The Hall–Kier alpha value is -1.55. The van der Waals surface area contributed by atoms with Crippen molar-refractivity contribution in [1.82, 2.24) is 0 Å². The van der Waals surface area contributed by atoms with E-state index >= 15 is 0 Å². The van der Waals surface area contributed by atoms with Crippen molar-refractivity contribution in [3.63, 3.8) is 0 Å². The van der Waals surface area contributed by atoms with Crippen molar-refractivity contribution >= 4 is 0 Å². The number of hydrogen-bond acceptors (Lipinski definition) is 2. The van der Waals surface area contributed by atoms with Crippen LogP contribution in [0.15, 0.2) is 42.5 Å². The van der Waals surface area contributed by atoms with Crippen LogP contribution in [-0.2, 0) is 10.3 Å². The predicted molar refractivity (Wildman–Crippen MR) is 94.9 cm³/mol. The summed E-state index contributed by atoms with van der Waals surface area (Å²) in [5, 5.41) is 0. The SMILES string of the molecule is COc1ccc2c(c1)C1(OCC[NH+](C)C)CCC2c2ccccc21.[Cl-]. The molecule has 0 amide bonds. The molecule has 0 saturated heterocycles. The molecule has 2 bridgehead atoms. The Kier molecular flexibility index (Phi) is 5.10. The maximum Gasteiger partial charge on any atom is 0.119 e. The summed E-state index contributed by atoms with van der Waals surface area (Å²) in [5.74, 6) is 1.41. The molecular formula is C21H26ClNO2. The number of likely N-dealkylation sites (N-methyl/N-ethyl adjacent to an activating group) is 1. The van der Waals surface area contributed by atoms with E-state index in [4.69, 9.17) is 9.47 Å². The van der Waals surface area contributed by atoms with E-state index in [9.17, 15) is 0 Å². The van der Waals surface area contributed by atoms with Gasteiger partial charge in [0.25, 0.3) is 0 Å². The largest absolute Gasteiger partial charge is 1.00 e. The molecule has 25 heavy (non-hydrogen) atoms. The van der Waals surface area contributed by atoms with Gasteiger partial charge in [0, 0.05) is 5.92 Å². The van der Waals surface area contributed by atoms with Crippen molar-refractivity contribution in [2.24, 2.45) is 0 Å². The van der Waals surface area contributed by atoms with Crippen molar-refractivity contribution < 1.29 is 26.8 Å². The molecule has 3 aliphatic rings. The molecule has 2 aromatic rings. The van der Waals surface area contributed by atoms with Gasteiger partial charge in [-0.15, -0.1) is 0 Å². The van der Waals surface area contributed by atoms with Gasteiger partial charge in [-0.2, -0.15) is 0 Å². The zero-order chi connectivity index (χ0) is 16.7. The first-order valence-electron chi connectivity index (χ1n) is 8.86. The van der Waals surface area contributed by atoms with Crippen LogP contribution in [0.5, 0.6) is 5.75 Å². The zero-order valence-corrected chi connectivity index (χ0v) is 15.9. The van der Waals surface area contributed by atoms with Crippen molar-refractivity contribution in [3.05, 3.63) is 64.7 Å². The molecule has 2 unspecified atom stereocenters. The number of ether oxygens (including phenoxy) is 2. The number of quaternary nitrogens is 1. The first kappa shape index (κ1) is 18.2. The van der Waals surface area contributed by atoms with E-state index in [1.165, 1.54) is 27.2 Å². The lowest BCUT2D eigenvalue weighted by Gasteiger charge is -2.49. The Labute approximate surface area is 156 Å². The third-order valence-electron chi connectivity index (χ3n) is 5.58. The quantitative estimate of drug-likeness (QED) is 0.766. The van der Waals surface area contributed by atoms with Gasteiger partial charge in [-0.05, 0) is 47.2 Å². The molecule has 5 rings (SSSR count). The van der Waals surface area contributed by atoms with E-state index in [1.807, 2.05) is 0 Å². The standard InChI is InChI=1S/C21H25NO2.ClH/c1-22(2)12-13-24-21-11-10-16(17-6-4-5-7-19(17)21)18-9-8-15(23-3)14-20(18)21;/h4-9,14,16H,10-13H2,1-3H3;1H. The molecule has 0 saturated carbocycles. The van der Waals surface area contributed by atoms with Gasteiger partial charge in [-0.25, -0.2) is 0 Å². The number of methoxy groups -OCH3 is 1. The second-order valence-electron chi connectivity index (χ2n) is 7.26. The van der Waals surface area contributed by atoms with Gasteiger partial charge in [0.1, 0.15) is 17.9 Å². The van der Waals surface area contributed by atoms with Gasteiger partial charge in [0.2, 0.25) is 0 Å². The smallest absolute Gasteiger partial charge is 0.119 e. The number of fused-ring (bicyclic) bond motifs is 1. The summed E-state index contributed by atoms with van der Waals surface area (Å²) in [4.78, 5) is 1.41. The van der Waals surface area contributed by atoms with Crippen LogP contribution in [-0.4, -0.2) is 34.4 Å². The number of halogens is 1. The molecule has 4 heteroatoms. The van der Waals surface area contributed by atoms with E-state index in [2.05, 4.69) is 56.6 Å². The number of hydrogen-bond donors (Lipinski definition) is 1. The lowest BCUT2D eigenvalue weighted by atomic mass is 9.61. The molecule has 3 nitrogen and oxygen atoms in total. The molecule has 0 radical (unpaired) electrons. The Morgan fingerprint density at radius 2 is 1.84 bits per heavy atom. The average Bonchev–Trinajstić information content (AvgIpc) is 2.61. The van der Waals surface area contributed by atoms with Crippen LogP contribution in [0.2, 0.25) is 0 Å². The van der Waals surface area contributed by atoms with Crippen molar-refractivity contribution in [2.75, 3.05) is 34.4 Å². The summed E-state index contributed by atoms with van der Waals surface area (Å²) in [7, 11) is 6.08. The minimum Gasteiger partial charge on any atom is -1.00 e. The van der Waals surface area contributed by atoms with Crippen molar-refractivity contribution in [1.29, 1.82) is 0 Å². The molecule has 2 atom stereocenters. The van der Waals surface area contributed by atoms with Crippen LogP contribution in [0.3, 0.4) is 0 Å². The molecule has 1 N–H and O–H groups in total. The van der Waals surface area contributed by atoms with E-state index in [1.54, 1.807) is 7.11 Å². The fourth-order valence-corrected chi connectivity index (χ4v) is 4.38. The first-order chi connectivity index (χ1) is 11.7. The van der Waals surface area contributed by atoms with E-state index in [0.717, 1.165) is 31.7 Å². The summed E-state index contributed by atoms with van der Waals surface area (Å²) in [6, 6.07) is 15.3. The Morgan fingerprint density at radius 3 is 2.60 bits per heavy atom. The van der Waals surface area contributed by atoms with Gasteiger partial charge in [0.05, 0.1) is 27.8 Å². The summed E-state index contributed by atoms with van der Waals surface area (Å²) in [6.45, 7) is 1.77. The molecule has 0 aromatic heterocycles. The molecule has 0 aliphatic heterocycles. The molecule has 0 heterocycles. The molecular weight excluding hydrogens is 334 g/mol. The van der Waals surface area contributed by atoms with E-state index in [-0.39, 0.29) is 18.0 Å². The summed E-state index contributed by atoms with van der Waals surface area (Å²) in [5.41, 5.74) is 5.21. The van der Waals surface area contributed by atoms with Crippen molar-refractivity contribution in [3.8, 4) is 5.75 Å². The van der Waals surface area contributed by atoms with Gasteiger partial charge in [0.15, 0.2) is 0 Å². The maximum absolute atomic E-state index is 6.64. The van der Waals surface area contributed by atoms with Crippen LogP contribution in [0.1, 0.15) is 41.0 Å². The third kappa shape index (κ3) is 2.84. The summed E-state index contributed by atoms with van der Waals surface area (Å²) < 4.78 is 12.1. The van der Waals surface area contributed by atoms with E-state index < -0.39 is 0 Å². The maximum atomic E-state index is 6.64. The molecule has 0 fully saturated rings. The highest BCUT2D eigenvalue weighted by atomic mass is 35.5. The van der Waals surface area contributed by atoms with Gasteiger partial charge >= 0.3 is 0 Å². The number of rotatable bonds is 5. The Morgan fingerprint density at radius 1 is 1.08 bits per heavy atom. The van der Waals surface area contributed by atoms with Crippen LogP contribution < -0.4 is 22.0 Å². The normalized spacial score (nSPS) is 23.0. The summed E-state index contributed by atoms with van der Waals surface area (Å²) >= 11 is 0.